The van der Waals surface area contributed by atoms with E-state index in [2.05, 4.69) is 0 Å². The van der Waals surface area contributed by atoms with Crippen molar-refractivity contribution in [1.29, 1.82) is 0 Å². The van der Waals surface area contributed by atoms with Crippen LogP contribution in [0.25, 0.3) is 0 Å². The van der Waals surface area contributed by atoms with E-state index in [-0.39, 0.29) is 12.3 Å². The molecule has 2 N–H and O–H groups in total. The molecule has 1 saturated heterocycles. The smallest absolute Gasteiger partial charge is 0.310 e. The summed E-state index contributed by atoms with van der Waals surface area (Å²) in [5.41, 5.74) is -0.858. The molecule has 0 bridgehead atoms. The predicted molar refractivity (Wildman–Crippen MR) is 65.0 cm³/mol. The van der Waals surface area contributed by atoms with Crippen molar-refractivity contribution < 1.29 is 19.8 Å². The highest BCUT2D eigenvalue weighted by Crippen LogP contribution is 2.40. The molecule has 5 heteroatoms. The minimum atomic E-state index is -0.858. The van der Waals surface area contributed by atoms with Crippen LogP contribution in [-0.4, -0.2) is 46.2 Å². The average Bonchev–Trinajstić information content (AvgIpc) is 2.77. The lowest BCUT2D eigenvalue weighted by atomic mass is 9.71. The van der Waals surface area contributed by atoms with Crippen molar-refractivity contribution in [3.63, 3.8) is 0 Å². The first-order chi connectivity index (χ1) is 8.53. The van der Waals surface area contributed by atoms with Gasteiger partial charge in [0, 0.05) is 19.5 Å². The van der Waals surface area contributed by atoms with Crippen LogP contribution in [0.4, 0.5) is 0 Å². The number of nitrogens with zero attached hydrogens (tertiary/aromatic N) is 1. The molecule has 102 valence electrons. The number of β-amino-alcohol motifs (C(OH)–C–C–N with tert-alkyl or cyclic N) is 1. The van der Waals surface area contributed by atoms with Crippen LogP contribution in [0.1, 0.15) is 44.9 Å². The zero-order valence-corrected chi connectivity index (χ0v) is 10.6. The van der Waals surface area contributed by atoms with E-state index in [1.807, 2.05) is 0 Å². The fourth-order valence-corrected chi connectivity index (χ4v) is 3.06. The second-order valence-electron chi connectivity index (χ2n) is 5.61. The van der Waals surface area contributed by atoms with Gasteiger partial charge in [0.25, 0.3) is 0 Å². The minimum Gasteiger partial charge on any atom is -0.481 e. The molecule has 2 aliphatic rings. The number of aliphatic hydroxyl groups is 1. The lowest BCUT2D eigenvalue weighted by Crippen LogP contribution is -2.40. The van der Waals surface area contributed by atoms with Crippen LogP contribution >= 0.6 is 0 Å². The van der Waals surface area contributed by atoms with Crippen molar-refractivity contribution in [2.45, 2.75) is 51.0 Å². The van der Waals surface area contributed by atoms with Crippen molar-refractivity contribution in [2.75, 3.05) is 13.1 Å². The molecule has 1 aliphatic carbocycles. The Labute approximate surface area is 107 Å². The summed E-state index contributed by atoms with van der Waals surface area (Å²) < 4.78 is 0. The van der Waals surface area contributed by atoms with Crippen LogP contribution in [0.15, 0.2) is 0 Å². The molecular weight excluding hydrogens is 234 g/mol. The van der Waals surface area contributed by atoms with Gasteiger partial charge in [-0.05, 0) is 19.3 Å². The minimum absolute atomic E-state index is 0.0923. The van der Waals surface area contributed by atoms with Crippen LogP contribution < -0.4 is 0 Å². The second kappa shape index (κ2) is 5.26. The topological polar surface area (TPSA) is 77.8 Å². The first-order valence-electron chi connectivity index (χ1n) is 6.73. The molecular formula is C13H21NO4. The van der Waals surface area contributed by atoms with E-state index >= 15 is 0 Å². The molecule has 5 nitrogen and oxygen atoms in total. The van der Waals surface area contributed by atoms with E-state index in [0.29, 0.717) is 32.4 Å². The largest absolute Gasteiger partial charge is 0.481 e. The summed E-state index contributed by atoms with van der Waals surface area (Å²) in [6.07, 6.45) is 4.30. The Balaban J connectivity index is 2.00. The van der Waals surface area contributed by atoms with E-state index < -0.39 is 17.5 Å². The van der Waals surface area contributed by atoms with Crippen molar-refractivity contribution in [3.05, 3.63) is 0 Å². The summed E-state index contributed by atoms with van der Waals surface area (Å²) in [5, 5.41) is 18.8. The van der Waals surface area contributed by atoms with Crippen molar-refractivity contribution in [2.24, 2.45) is 5.41 Å². The molecule has 18 heavy (non-hydrogen) atoms. The number of rotatable bonds is 3. The van der Waals surface area contributed by atoms with Crippen LogP contribution in [0.5, 0.6) is 0 Å². The Morgan fingerprint density at radius 3 is 2.39 bits per heavy atom. The summed E-state index contributed by atoms with van der Waals surface area (Å²) in [7, 11) is 0. The number of carbonyl (C=O) groups excluding carboxylic acids is 1. The molecule has 1 aliphatic heterocycles. The Morgan fingerprint density at radius 2 is 1.89 bits per heavy atom. The molecule has 0 aromatic rings. The highest BCUT2D eigenvalue weighted by molar-refractivity contribution is 5.85. The van der Waals surface area contributed by atoms with Gasteiger partial charge in [-0.1, -0.05) is 19.3 Å². The van der Waals surface area contributed by atoms with Crippen LogP contribution in [0, 0.1) is 5.41 Å². The van der Waals surface area contributed by atoms with Crippen molar-refractivity contribution >= 4 is 11.9 Å². The molecule has 0 radical (unpaired) electrons. The first kappa shape index (κ1) is 13.3. The van der Waals surface area contributed by atoms with Crippen LogP contribution in [0.2, 0.25) is 0 Å². The third-order valence-corrected chi connectivity index (χ3v) is 4.27. The normalized spacial score (nSPS) is 27.2. The molecule has 1 saturated carbocycles. The number of hydrogen-bond acceptors (Lipinski definition) is 3. The summed E-state index contributed by atoms with van der Waals surface area (Å²) in [5.74, 6) is -0.953. The van der Waals surface area contributed by atoms with Gasteiger partial charge in [-0.25, -0.2) is 0 Å². The molecule has 1 amide bonds. The molecule has 1 atom stereocenters. The van der Waals surface area contributed by atoms with E-state index in [4.69, 9.17) is 0 Å². The van der Waals surface area contributed by atoms with Gasteiger partial charge in [-0.3, -0.25) is 9.59 Å². The standard InChI is InChI=1S/C13H21NO4/c15-10-4-7-14(9-10)11(16)8-13(12(17)18)5-2-1-3-6-13/h10,15H,1-9H2,(H,17,18). The zero-order valence-electron chi connectivity index (χ0n) is 10.6. The molecule has 0 spiro atoms. The van der Waals surface area contributed by atoms with E-state index in [0.717, 1.165) is 19.3 Å². The second-order valence-corrected chi connectivity index (χ2v) is 5.61. The third-order valence-electron chi connectivity index (χ3n) is 4.27. The number of hydrogen-bond donors (Lipinski definition) is 2. The summed E-state index contributed by atoms with van der Waals surface area (Å²) in [6, 6.07) is 0. The predicted octanol–water partition coefficient (Wildman–Crippen LogP) is 1.00. The summed E-state index contributed by atoms with van der Waals surface area (Å²) in [4.78, 5) is 25.2. The molecule has 0 aromatic carbocycles. The monoisotopic (exact) mass is 255 g/mol. The van der Waals surface area contributed by atoms with Gasteiger partial charge in [0.15, 0.2) is 0 Å². The number of aliphatic hydroxyl groups excluding tert-OH is 1. The fraction of sp³-hybridized carbons (Fsp3) is 0.846. The molecule has 0 aromatic heterocycles. The number of aliphatic carboxylic acids is 1. The van der Waals surface area contributed by atoms with Crippen LogP contribution in [0.3, 0.4) is 0 Å². The number of carbonyl (C=O) groups is 2. The van der Waals surface area contributed by atoms with E-state index in [1.54, 1.807) is 4.90 Å². The first-order valence-corrected chi connectivity index (χ1v) is 6.73. The molecule has 1 heterocycles. The molecule has 1 unspecified atom stereocenters. The maximum absolute atomic E-state index is 12.1. The van der Waals surface area contributed by atoms with E-state index in [9.17, 15) is 19.8 Å². The van der Waals surface area contributed by atoms with Gasteiger partial charge >= 0.3 is 5.97 Å². The fourth-order valence-electron chi connectivity index (χ4n) is 3.06. The Morgan fingerprint density at radius 1 is 1.22 bits per heavy atom. The van der Waals surface area contributed by atoms with Crippen LogP contribution in [-0.2, 0) is 9.59 Å². The lowest BCUT2D eigenvalue weighted by molar-refractivity contribution is -0.155. The highest BCUT2D eigenvalue weighted by Gasteiger charge is 2.42. The molecule has 2 fully saturated rings. The van der Waals surface area contributed by atoms with Gasteiger partial charge in [0.2, 0.25) is 5.91 Å². The quantitative estimate of drug-likeness (QED) is 0.788. The van der Waals surface area contributed by atoms with Gasteiger partial charge in [0.1, 0.15) is 0 Å². The lowest BCUT2D eigenvalue weighted by Gasteiger charge is -2.33. The number of carboxylic acid groups (broad SMARTS) is 1. The maximum atomic E-state index is 12.1. The van der Waals surface area contributed by atoms with Gasteiger partial charge in [0.05, 0.1) is 11.5 Å². The highest BCUT2D eigenvalue weighted by atomic mass is 16.4. The average molecular weight is 255 g/mol. The number of amides is 1. The number of carboxylic acids is 1. The maximum Gasteiger partial charge on any atom is 0.310 e. The van der Waals surface area contributed by atoms with Crippen molar-refractivity contribution in [3.8, 4) is 0 Å². The number of likely N-dealkylation sites (tertiary alicyclic amines) is 1. The third kappa shape index (κ3) is 2.66. The Kier molecular flexibility index (Phi) is 3.90. The SMILES string of the molecule is O=C(CC1(C(=O)O)CCCCC1)N1CCC(O)C1. The van der Waals surface area contributed by atoms with Gasteiger partial charge in [-0.2, -0.15) is 0 Å². The zero-order chi connectivity index (χ0) is 13.2. The van der Waals surface area contributed by atoms with E-state index in [1.165, 1.54) is 0 Å². The Hall–Kier alpha value is -1.10. The summed E-state index contributed by atoms with van der Waals surface area (Å²) >= 11 is 0. The summed E-state index contributed by atoms with van der Waals surface area (Å²) in [6.45, 7) is 0.907. The van der Waals surface area contributed by atoms with Crippen molar-refractivity contribution in [1.82, 2.24) is 4.90 Å². The van der Waals surface area contributed by atoms with Gasteiger partial charge < -0.3 is 15.1 Å². The Bertz CT molecular complexity index is 336. The molecule has 2 rings (SSSR count). The van der Waals surface area contributed by atoms with Gasteiger partial charge in [-0.15, -0.1) is 0 Å².